The minimum Gasteiger partial charge on any atom is -0.478 e. The first-order chi connectivity index (χ1) is 8.99. The molecule has 0 saturated heterocycles. The molecule has 3 N–H and O–H groups in total. The molecule has 2 aromatic rings. The highest BCUT2D eigenvalue weighted by molar-refractivity contribution is 6.05. The molecule has 0 aliphatic rings. The van der Waals surface area contributed by atoms with Gasteiger partial charge in [0.25, 0.3) is 5.91 Å². The highest BCUT2D eigenvalue weighted by atomic mass is 16.4. The molecule has 0 atom stereocenters. The van der Waals surface area contributed by atoms with Crippen LogP contribution in [0.15, 0.2) is 24.3 Å². The van der Waals surface area contributed by atoms with E-state index in [1.165, 1.54) is 24.3 Å². The largest absolute Gasteiger partial charge is 0.478 e. The van der Waals surface area contributed by atoms with E-state index >= 15 is 0 Å². The van der Waals surface area contributed by atoms with Gasteiger partial charge in [-0.05, 0) is 38.1 Å². The number of carboxylic acids is 1. The third-order valence-corrected chi connectivity index (χ3v) is 2.76. The van der Waals surface area contributed by atoms with Gasteiger partial charge in [-0.1, -0.05) is 0 Å². The van der Waals surface area contributed by atoms with Gasteiger partial charge in [0.15, 0.2) is 0 Å². The number of aromatic amines is 1. The number of anilines is 1. The van der Waals surface area contributed by atoms with Crippen molar-refractivity contribution in [1.29, 1.82) is 0 Å². The number of nitrogens with zero attached hydrogens (tertiary/aromatic N) is 1. The van der Waals surface area contributed by atoms with Crippen molar-refractivity contribution in [2.75, 3.05) is 5.32 Å². The van der Waals surface area contributed by atoms with Gasteiger partial charge in [0.2, 0.25) is 0 Å². The topological polar surface area (TPSA) is 95.1 Å². The minimum atomic E-state index is -1.02. The summed E-state index contributed by atoms with van der Waals surface area (Å²) in [7, 11) is 0. The van der Waals surface area contributed by atoms with E-state index in [1.54, 1.807) is 6.92 Å². The quantitative estimate of drug-likeness (QED) is 0.785. The van der Waals surface area contributed by atoms with E-state index in [-0.39, 0.29) is 11.5 Å². The van der Waals surface area contributed by atoms with Crippen molar-refractivity contribution in [3.05, 3.63) is 46.8 Å². The molecule has 0 fully saturated rings. The van der Waals surface area contributed by atoms with Gasteiger partial charge in [-0.3, -0.25) is 9.89 Å². The van der Waals surface area contributed by atoms with Crippen molar-refractivity contribution in [2.24, 2.45) is 0 Å². The second-order valence-electron chi connectivity index (χ2n) is 4.15. The summed E-state index contributed by atoms with van der Waals surface area (Å²) >= 11 is 0. The second kappa shape index (κ2) is 4.93. The number of rotatable bonds is 3. The van der Waals surface area contributed by atoms with E-state index in [4.69, 9.17) is 5.11 Å². The highest BCUT2D eigenvalue weighted by Crippen LogP contribution is 2.17. The number of benzene rings is 1. The predicted molar refractivity (Wildman–Crippen MR) is 69.4 cm³/mol. The fourth-order valence-electron chi connectivity index (χ4n) is 1.68. The van der Waals surface area contributed by atoms with Crippen molar-refractivity contribution >= 4 is 17.6 Å². The van der Waals surface area contributed by atoms with E-state index in [1.807, 2.05) is 6.92 Å². The van der Waals surface area contributed by atoms with Crippen LogP contribution in [0.4, 0.5) is 5.69 Å². The third-order valence-electron chi connectivity index (χ3n) is 2.76. The van der Waals surface area contributed by atoms with Crippen LogP contribution in [-0.4, -0.2) is 27.2 Å². The summed E-state index contributed by atoms with van der Waals surface area (Å²) < 4.78 is 0. The first-order valence-electron chi connectivity index (χ1n) is 5.65. The number of carboxylic acid groups (broad SMARTS) is 1. The van der Waals surface area contributed by atoms with Gasteiger partial charge < -0.3 is 10.4 Å². The SMILES string of the molecule is Cc1n[nH]c(C)c1NC(=O)c1ccc(C(=O)O)cc1. The van der Waals surface area contributed by atoms with Crippen molar-refractivity contribution < 1.29 is 14.7 Å². The number of nitrogens with one attached hydrogen (secondary N) is 2. The molecule has 6 heteroatoms. The lowest BCUT2D eigenvalue weighted by Crippen LogP contribution is -2.13. The molecule has 0 spiro atoms. The Bertz CT molecular complexity index is 610. The van der Waals surface area contributed by atoms with Crippen LogP contribution in [0.1, 0.15) is 32.1 Å². The molecule has 6 nitrogen and oxygen atoms in total. The molecule has 2 rings (SSSR count). The molecule has 0 saturated carbocycles. The Hall–Kier alpha value is -2.63. The maximum atomic E-state index is 12.0. The minimum absolute atomic E-state index is 0.146. The highest BCUT2D eigenvalue weighted by Gasteiger charge is 2.12. The van der Waals surface area contributed by atoms with Gasteiger partial charge >= 0.3 is 5.97 Å². The third kappa shape index (κ3) is 2.62. The number of carbonyl (C=O) groups is 2. The van der Waals surface area contributed by atoms with Crippen molar-refractivity contribution in [2.45, 2.75) is 13.8 Å². The van der Waals surface area contributed by atoms with E-state index in [0.717, 1.165) is 5.69 Å². The number of amides is 1. The average Bonchev–Trinajstić information content (AvgIpc) is 2.70. The maximum Gasteiger partial charge on any atom is 0.335 e. The number of carbonyl (C=O) groups excluding carboxylic acids is 1. The molecular formula is C13H13N3O3. The summed E-state index contributed by atoms with van der Waals surface area (Å²) in [4.78, 5) is 22.7. The molecule has 0 radical (unpaired) electrons. The predicted octanol–water partition coefficient (Wildman–Crippen LogP) is 1.98. The molecule has 98 valence electrons. The zero-order valence-corrected chi connectivity index (χ0v) is 10.5. The van der Waals surface area contributed by atoms with Crippen LogP contribution in [0.2, 0.25) is 0 Å². The molecule has 1 amide bonds. The van der Waals surface area contributed by atoms with Gasteiger partial charge in [-0.2, -0.15) is 5.10 Å². The Labute approximate surface area is 109 Å². The van der Waals surface area contributed by atoms with Crippen molar-refractivity contribution in [3.8, 4) is 0 Å². The number of hydrogen-bond donors (Lipinski definition) is 3. The number of hydrogen-bond acceptors (Lipinski definition) is 3. The molecule has 1 aromatic carbocycles. The molecule has 0 bridgehead atoms. The number of aromatic carboxylic acids is 1. The Morgan fingerprint density at radius 1 is 1.16 bits per heavy atom. The Kier molecular flexibility index (Phi) is 3.33. The van der Waals surface area contributed by atoms with Gasteiger partial charge in [0.05, 0.1) is 22.6 Å². The lowest BCUT2D eigenvalue weighted by molar-refractivity contribution is 0.0696. The molecule has 0 unspecified atom stereocenters. The van der Waals surface area contributed by atoms with Crippen LogP contribution < -0.4 is 5.32 Å². The molecule has 0 aliphatic carbocycles. The summed E-state index contributed by atoms with van der Waals surface area (Å²) in [6.07, 6.45) is 0. The number of H-pyrrole nitrogens is 1. The van der Waals surface area contributed by atoms with Crippen LogP contribution in [0, 0.1) is 13.8 Å². The standard InChI is InChI=1S/C13H13N3O3/c1-7-11(8(2)16-15-7)14-12(17)9-3-5-10(6-4-9)13(18)19/h3-6H,1-2H3,(H,14,17)(H,15,16)(H,18,19). The van der Waals surface area contributed by atoms with E-state index in [9.17, 15) is 9.59 Å². The molecular weight excluding hydrogens is 246 g/mol. The smallest absolute Gasteiger partial charge is 0.335 e. The van der Waals surface area contributed by atoms with Gasteiger partial charge in [-0.15, -0.1) is 0 Å². The molecule has 19 heavy (non-hydrogen) atoms. The molecule has 0 aliphatic heterocycles. The summed E-state index contributed by atoms with van der Waals surface area (Å²) in [5.74, 6) is -1.32. The molecule has 1 heterocycles. The lowest BCUT2D eigenvalue weighted by Gasteiger charge is -2.05. The van der Waals surface area contributed by atoms with Crippen molar-refractivity contribution in [1.82, 2.24) is 10.2 Å². The van der Waals surface area contributed by atoms with Crippen LogP contribution in [0.3, 0.4) is 0 Å². The number of aryl methyl sites for hydroxylation is 2. The van der Waals surface area contributed by atoms with Gasteiger partial charge in [0.1, 0.15) is 0 Å². The van der Waals surface area contributed by atoms with E-state index in [2.05, 4.69) is 15.5 Å². The lowest BCUT2D eigenvalue weighted by atomic mass is 10.1. The van der Waals surface area contributed by atoms with Crippen LogP contribution >= 0.6 is 0 Å². The fraction of sp³-hybridized carbons (Fsp3) is 0.154. The summed E-state index contributed by atoms with van der Waals surface area (Å²) in [5.41, 5.74) is 2.66. The van der Waals surface area contributed by atoms with Gasteiger partial charge in [0, 0.05) is 5.56 Å². The zero-order valence-electron chi connectivity index (χ0n) is 10.5. The Morgan fingerprint density at radius 2 is 1.74 bits per heavy atom. The zero-order chi connectivity index (χ0) is 14.0. The summed E-state index contributed by atoms with van der Waals surface area (Å²) in [6.45, 7) is 3.59. The Balaban J connectivity index is 2.18. The Morgan fingerprint density at radius 3 is 2.21 bits per heavy atom. The first-order valence-corrected chi connectivity index (χ1v) is 5.65. The normalized spacial score (nSPS) is 10.2. The monoisotopic (exact) mass is 259 g/mol. The summed E-state index contributed by atoms with van der Waals surface area (Å²) in [6, 6.07) is 5.74. The van der Waals surface area contributed by atoms with Crippen LogP contribution in [0.5, 0.6) is 0 Å². The van der Waals surface area contributed by atoms with E-state index in [0.29, 0.717) is 16.9 Å². The summed E-state index contributed by atoms with van der Waals surface area (Å²) in [5, 5.41) is 18.3. The first kappa shape index (κ1) is 12.8. The van der Waals surface area contributed by atoms with Crippen LogP contribution in [0.25, 0.3) is 0 Å². The fourth-order valence-corrected chi connectivity index (χ4v) is 1.68. The van der Waals surface area contributed by atoms with Crippen LogP contribution in [-0.2, 0) is 0 Å². The van der Waals surface area contributed by atoms with Crippen molar-refractivity contribution in [3.63, 3.8) is 0 Å². The maximum absolute atomic E-state index is 12.0. The van der Waals surface area contributed by atoms with E-state index < -0.39 is 5.97 Å². The molecule has 1 aromatic heterocycles. The number of aromatic nitrogens is 2. The van der Waals surface area contributed by atoms with Gasteiger partial charge in [-0.25, -0.2) is 4.79 Å². The average molecular weight is 259 g/mol. The second-order valence-corrected chi connectivity index (χ2v) is 4.15.